The maximum atomic E-state index is 13.7. The standard InChI is InChI=1S/C36H33F3O8S/c1-20-8-7-9-22(18-20)31(41)27(30-33(43)25-12-11-23(48)19-29(25)47-34(30)35(44)45)10-5-3-4-6-17-46-28-14-13-24(21(2)40)32(42)26(28)15-16-36(37,38)39/h3-5,7-10,12-14,18-19,27,31,41-42H,6,11,15-17H2,1-2H3,(H,44,45)/b4-3-,10-5+/t27-,31-/m0/s1. The molecule has 2 aromatic carbocycles. The Morgan fingerprint density at radius 2 is 1.92 bits per heavy atom. The first kappa shape index (κ1) is 36.0. The molecule has 0 amide bonds. The smallest absolute Gasteiger partial charge is 0.389 e. The predicted octanol–water partition coefficient (Wildman–Crippen LogP) is 5.78. The molecule has 2 atom stereocenters. The van der Waals surface area contributed by atoms with Crippen LogP contribution in [0.4, 0.5) is 13.2 Å². The lowest BCUT2D eigenvalue weighted by Crippen LogP contribution is -2.45. The van der Waals surface area contributed by atoms with Crippen molar-refractivity contribution in [2.24, 2.45) is 0 Å². The third kappa shape index (κ3) is 8.75. The fourth-order valence-corrected chi connectivity index (χ4v) is 5.50. The number of allylic oxidation sites excluding steroid dienone is 2. The van der Waals surface area contributed by atoms with Crippen LogP contribution < -0.4 is 20.8 Å². The molecule has 0 spiro atoms. The highest BCUT2D eigenvalue weighted by atomic mass is 32.1. The van der Waals surface area contributed by atoms with Crippen molar-refractivity contribution in [2.45, 2.75) is 57.7 Å². The number of hydrogen-bond donors (Lipinski definition) is 3. The third-order valence-electron chi connectivity index (χ3n) is 7.65. The van der Waals surface area contributed by atoms with Gasteiger partial charge in [-0.3, -0.25) is 9.59 Å². The van der Waals surface area contributed by atoms with Crippen LogP contribution in [-0.2, 0) is 6.42 Å². The number of carboxylic acids is 1. The van der Waals surface area contributed by atoms with E-state index in [2.05, 4.69) is 0 Å². The average molecular weight is 683 g/mol. The highest BCUT2D eigenvalue weighted by Crippen LogP contribution is 2.36. The highest BCUT2D eigenvalue weighted by Gasteiger charge is 2.31. The van der Waals surface area contributed by atoms with Crippen LogP contribution >= 0.6 is 12.2 Å². The van der Waals surface area contributed by atoms with Gasteiger partial charge in [-0.1, -0.05) is 72.4 Å². The van der Waals surface area contributed by atoms with E-state index in [4.69, 9.17) is 21.4 Å². The van der Waals surface area contributed by atoms with Gasteiger partial charge in [0.2, 0.25) is 5.76 Å². The third-order valence-corrected chi connectivity index (χ3v) is 7.93. The van der Waals surface area contributed by atoms with Crippen molar-refractivity contribution in [1.29, 1.82) is 0 Å². The number of phenolic OH excluding ortho intramolecular Hbond substituents is 1. The van der Waals surface area contributed by atoms with E-state index in [0.29, 0.717) is 16.8 Å². The van der Waals surface area contributed by atoms with Crippen LogP contribution in [0, 0.1) is 6.92 Å². The summed E-state index contributed by atoms with van der Waals surface area (Å²) < 4.78 is 50.0. The number of halogens is 3. The molecule has 3 aromatic rings. The Balaban J connectivity index is 1.60. The van der Waals surface area contributed by atoms with Crippen LogP contribution in [0.5, 0.6) is 11.5 Å². The van der Waals surface area contributed by atoms with Gasteiger partial charge < -0.3 is 24.5 Å². The number of Topliss-reactive ketones (excluding diaryl/α,β-unsaturated/α-hetero) is 1. The van der Waals surface area contributed by atoms with Gasteiger partial charge in [-0.15, -0.1) is 0 Å². The van der Waals surface area contributed by atoms with E-state index in [9.17, 15) is 42.9 Å². The van der Waals surface area contributed by atoms with Gasteiger partial charge in [-0.05, 0) is 50.5 Å². The summed E-state index contributed by atoms with van der Waals surface area (Å²) in [5.41, 5.74) is 0.264. The quantitative estimate of drug-likeness (QED) is 0.0888. The Kier molecular flexibility index (Phi) is 11.6. The number of hydrogen-bond acceptors (Lipinski definition) is 8. The van der Waals surface area contributed by atoms with Crippen LogP contribution in [0.1, 0.15) is 81.4 Å². The lowest BCUT2D eigenvalue weighted by atomic mass is 9.86. The largest absolute Gasteiger partial charge is 0.507 e. The number of carbonyl (C=O) groups excluding carboxylic acids is 1. The van der Waals surface area contributed by atoms with Crippen molar-refractivity contribution in [3.8, 4) is 11.5 Å². The lowest BCUT2D eigenvalue weighted by molar-refractivity contribution is -0.134. The molecule has 8 nitrogen and oxygen atoms in total. The molecule has 0 saturated heterocycles. The molecule has 4 rings (SSSR count). The first-order valence-electron chi connectivity index (χ1n) is 15.0. The minimum absolute atomic E-state index is 0.00331. The Morgan fingerprint density at radius 1 is 1.17 bits per heavy atom. The number of phenols is 1. The molecule has 0 unspecified atom stereocenters. The summed E-state index contributed by atoms with van der Waals surface area (Å²) in [6, 6.07) is 9.57. The maximum absolute atomic E-state index is 13.7. The van der Waals surface area contributed by atoms with E-state index >= 15 is 0 Å². The number of aryl methyl sites for hydroxylation is 1. The maximum Gasteiger partial charge on any atom is 0.389 e. The Hall–Kier alpha value is -4.81. The van der Waals surface area contributed by atoms with Crippen molar-refractivity contribution in [1.82, 2.24) is 0 Å². The molecule has 48 heavy (non-hydrogen) atoms. The molecular weight excluding hydrogens is 649 g/mol. The zero-order valence-corrected chi connectivity index (χ0v) is 26.9. The van der Waals surface area contributed by atoms with E-state index in [1.54, 1.807) is 36.4 Å². The number of aromatic hydroxyl groups is 1. The number of thiocarbonyl (C=S) groups is 1. The normalized spacial score (nSPS) is 14.3. The second-order valence-electron chi connectivity index (χ2n) is 11.2. The molecule has 1 heterocycles. The van der Waals surface area contributed by atoms with Crippen LogP contribution in [0.3, 0.4) is 0 Å². The monoisotopic (exact) mass is 682 g/mol. The topological polar surface area (TPSA) is 134 Å². The van der Waals surface area contributed by atoms with Crippen molar-refractivity contribution < 1.29 is 47.2 Å². The summed E-state index contributed by atoms with van der Waals surface area (Å²) in [6.07, 6.45) is 2.22. The second-order valence-corrected chi connectivity index (χ2v) is 11.7. The lowest BCUT2D eigenvalue weighted by Gasteiger charge is -2.22. The minimum Gasteiger partial charge on any atom is -0.507 e. The van der Waals surface area contributed by atoms with Crippen molar-refractivity contribution >= 4 is 41.0 Å². The average Bonchev–Trinajstić information content (AvgIpc) is 3.01. The van der Waals surface area contributed by atoms with E-state index in [1.165, 1.54) is 37.3 Å². The van der Waals surface area contributed by atoms with Gasteiger partial charge in [-0.25, -0.2) is 4.79 Å². The number of rotatable bonds is 13. The SMILES string of the molecule is CC(=O)c1ccc(OCC/C=C\C=C\[C@@H](c2c(C(=O)O)oc3c(c2=O)=CCC(=S)C=3)[C@@H](O)c2cccc(C)c2)c(CCC(F)(F)F)c1O. The number of alkyl halides is 3. The van der Waals surface area contributed by atoms with E-state index < -0.39 is 59.7 Å². The highest BCUT2D eigenvalue weighted by molar-refractivity contribution is 7.81. The van der Waals surface area contributed by atoms with Crippen LogP contribution in [0.25, 0.3) is 12.2 Å². The summed E-state index contributed by atoms with van der Waals surface area (Å²) in [4.78, 5) is 38.3. The number of ketones is 1. The molecule has 1 aliphatic rings. The van der Waals surface area contributed by atoms with E-state index in [-0.39, 0.29) is 46.1 Å². The summed E-state index contributed by atoms with van der Waals surface area (Å²) in [5.74, 6) is -4.28. The minimum atomic E-state index is -4.48. The van der Waals surface area contributed by atoms with E-state index in [1.807, 2.05) is 13.0 Å². The Bertz CT molecular complexity index is 1970. The number of ether oxygens (including phenoxy) is 1. The second kappa shape index (κ2) is 15.4. The van der Waals surface area contributed by atoms with Gasteiger partial charge in [-0.2, -0.15) is 13.2 Å². The molecular formula is C36H33F3O8S. The van der Waals surface area contributed by atoms with Gasteiger partial charge in [0, 0.05) is 29.2 Å². The number of fused-ring (bicyclic) bond motifs is 1. The van der Waals surface area contributed by atoms with E-state index in [0.717, 1.165) is 5.56 Å². The zero-order valence-electron chi connectivity index (χ0n) is 26.0. The van der Waals surface area contributed by atoms with Crippen LogP contribution in [0.15, 0.2) is 69.9 Å². The van der Waals surface area contributed by atoms with Crippen molar-refractivity contribution in [2.75, 3.05) is 6.61 Å². The summed E-state index contributed by atoms with van der Waals surface area (Å²) in [7, 11) is 0. The van der Waals surface area contributed by atoms with Crippen LogP contribution in [0.2, 0.25) is 0 Å². The molecule has 252 valence electrons. The summed E-state index contributed by atoms with van der Waals surface area (Å²) in [6.45, 7) is 3.02. The predicted molar refractivity (Wildman–Crippen MR) is 177 cm³/mol. The first-order valence-corrected chi connectivity index (χ1v) is 15.4. The number of carboxylic acid groups (broad SMARTS) is 1. The van der Waals surface area contributed by atoms with Crippen molar-refractivity contribution in [3.63, 3.8) is 0 Å². The zero-order chi connectivity index (χ0) is 35.2. The molecule has 3 N–H and O–H groups in total. The van der Waals surface area contributed by atoms with Crippen molar-refractivity contribution in [3.05, 3.63) is 115 Å². The number of benzene rings is 2. The van der Waals surface area contributed by atoms with Gasteiger partial charge in [0.05, 0.1) is 29.1 Å². The molecule has 1 aliphatic carbocycles. The number of aliphatic hydroxyl groups excluding tert-OH is 1. The van der Waals surface area contributed by atoms with Gasteiger partial charge >= 0.3 is 12.1 Å². The summed E-state index contributed by atoms with van der Waals surface area (Å²) >= 11 is 5.19. The molecule has 1 aromatic heterocycles. The number of aliphatic hydroxyl groups is 1. The first-order chi connectivity index (χ1) is 22.7. The number of carbonyl (C=O) groups is 2. The van der Waals surface area contributed by atoms with Crippen LogP contribution in [-0.4, -0.2) is 44.7 Å². The number of aromatic carboxylic acids is 1. The molecule has 0 radical (unpaired) electrons. The van der Waals surface area contributed by atoms with Gasteiger partial charge in [0.15, 0.2) is 11.2 Å². The molecule has 0 bridgehead atoms. The van der Waals surface area contributed by atoms with Gasteiger partial charge in [0.1, 0.15) is 16.9 Å². The molecule has 0 fully saturated rings. The molecule has 12 heteroatoms. The summed E-state index contributed by atoms with van der Waals surface area (Å²) in [5, 5.41) is 32.1. The Morgan fingerprint density at radius 3 is 2.58 bits per heavy atom. The molecule has 0 saturated carbocycles. The fraction of sp³-hybridized carbons (Fsp3) is 0.278. The molecule has 0 aliphatic heterocycles. The Labute approximate surface area is 278 Å². The van der Waals surface area contributed by atoms with Gasteiger partial charge in [0.25, 0.3) is 0 Å². The fourth-order valence-electron chi connectivity index (χ4n) is 5.31.